The molecule has 1 saturated heterocycles. The molecule has 1 aliphatic rings. The van der Waals surface area contributed by atoms with E-state index in [0.717, 1.165) is 25.1 Å². The Kier molecular flexibility index (Phi) is 6.26. The lowest BCUT2D eigenvalue weighted by Gasteiger charge is -2.37. The predicted octanol–water partition coefficient (Wildman–Crippen LogP) is 3.69. The van der Waals surface area contributed by atoms with Crippen molar-refractivity contribution in [3.8, 4) is 0 Å². The Labute approximate surface area is 110 Å². The fourth-order valence-electron chi connectivity index (χ4n) is 1.79. The van der Waals surface area contributed by atoms with Crippen LogP contribution in [0.25, 0.3) is 0 Å². The number of likely N-dealkylation sites (tertiary alicyclic amines) is 1. The second-order valence-electron chi connectivity index (χ2n) is 4.22. The first-order chi connectivity index (χ1) is 8.79. The first-order valence-electron chi connectivity index (χ1n) is 6.75. The van der Waals surface area contributed by atoms with Gasteiger partial charge in [0.2, 0.25) is 0 Å². The van der Waals surface area contributed by atoms with Crippen molar-refractivity contribution in [3.05, 3.63) is 35.9 Å². The van der Waals surface area contributed by atoms with Gasteiger partial charge in [-0.25, -0.2) is 4.79 Å². The molecule has 0 atom stereocenters. The topological polar surface area (TPSA) is 29.5 Å². The van der Waals surface area contributed by atoms with Gasteiger partial charge >= 0.3 is 6.09 Å². The highest BCUT2D eigenvalue weighted by Gasteiger charge is 2.30. The summed E-state index contributed by atoms with van der Waals surface area (Å²) in [5, 5.41) is 0. The highest BCUT2D eigenvalue weighted by Crippen LogP contribution is 2.19. The van der Waals surface area contributed by atoms with E-state index in [1.165, 1.54) is 0 Å². The van der Waals surface area contributed by atoms with Crippen LogP contribution < -0.4 is 0 Å². The van der Waals surface area contributed by atoms with Gasteiger partial charge in [-0.3, -0.25) is 0 Å². The summed E-state index contributed by atoms with van der Waals surface area (Å²) in [4.78, 5) is 13.3. The molecule has 0 aliphatic carbocycles. The summed E-state index contributed by atoms with van der Waals surface area (Å²) in [5.41, 5.74) is 1.03. The summed E-state index contributed by atoms with van der Waals surface area (Å²) in [6.07, 6.45) is 0.955. The van der Waals surface area contributed by atoms with Gasteiger partial charge in [-0.15, -0.1) is 0 Å². The second kappa shape index (κ2) is 7.75. The molecule has 2 rings (SSSR count). The third kappa shape index (κ3) is 4.06. The molecule has 0 spiro atoms. The van der Waals surface area contributed by atoms with E-state index in [0.29, 0.717) is 12.5 Å². The van der Waals surface area contributed by atoms with Gasteiger partial charge in [0.15, 0.2) is 0 Å². The summed E-state index contributed by atoms with van der Waals surface area (Å²) >= 11 is 0. The number of amides is 1. The van der Waals surface area contributed by atoms with Crippen molar-refractivity contribution in [2.45, 2.75) is 33.8 Å². The minimum absolute atomic E-state index is 0.187. The number of ether oxygens (including phenoxy) is 1. The zero-order chi connectivity index (χ0) is 13.4. The van der Waals surface area contributed by atoms with Gasteiger partial charge < -0.3 is 9.64 Å². The van der Waals surface area contributed by atoms with E-state index in [1.54, 1.807) is 4.90 Å². The summed E-state index contributed by atoms with van der Waals surface area (Å²) in [6.45, 7) is 8.22. The van der Waals surface area contributed by atoms with E-state index in [-0.39, 0.29) is 6.09 Å². The van der Waals surface area contributed by atoms with Crippen LogP contribution in [-0.4, -0.2) is 24.1 Å². The van der Waals surface area contributed by atoms with Gasteiger partial charge in [0.05, 0.1) is 0 Å². The fourth-order valence-corrected chi connectivity index (χ4v) is 1.79. The molecule has 1 aliphatic heterocycles. The lowest BCUT2D eigenvalue weighted by atomic mass is 9.98. The summed E-state index contributed by atoms with van der Waals surface area (Å²) in [7, 11) is 0. The molecule has 0 N–H and O–H groups in total. The molecule has 0 saturated carbocycles. The molecule has 1 amide bonds. The third-order valence-corrected chi connectivity index (χ3v) is 3.00. The standard InChI is InChI=1S/C13H17NO2.C2H6/c1-2-11-8-14(9-11)13(15)16-10-12-6-4-3-5-7-12;1-2/h3-7,11H,2,8-10H2,1H3;1-2H3. The number of hydrogen-bond donors (Lipinski definition) is 0. The van der Waals surface area contributed by atoms with Crippen LogP contribution in [0.5, 0.6) is 0 Å². The number of hydrogen-bond acceptors (Lipinski definition) is 2. The lowest BCUT2D eigenvalue weighted by molar-refractivity contribution is 0.0485. The van der Waals surface area contributed by atoms with Crippen LogP contribution in [0.15, 0.2) is 30.3 Å². The quantitative estimate of drug-likeness (QED) is 0.817. The molecule has 0 aromatic heterocycles. The second-order valence-corrected chi connectivity index (χ2v) is 4.22. The maximum Gasteiger partial charge on any atom is 0.410 e. The van der Waals surface area contributed by atoms with E-state index in [4.69, 9.17) is 4.74 Å². The molecule has 0 bridgehead atoms. The Morgan fingerprint density at radius 1 is 1.28 bits per heavy atom. The Morgan fingerprint density at radius 2 is 1.89 bits per heavy atom. The van der Waals surface area contributed by atoms with Crippen molar-refractivity contribution in [1.29, 1.82) is 0 Å². The summed E-state index contributed by atoms with van der Waals surface area (Å²) in [6, 6.07) is 9.75. The molecule has 0 unspecified atom stereocenters. The monoisotopic (exact) mass is 249 g/mol. The Hall–Kier alpha value is -1.51. The van der Waals surface area contributed by atoms with Crippen molar-refractivity contribution in [2.24, 2.45) is 5.92 Å². The highest BCUT2D eigenvalue weighted by atomic mass is 16.6. The number of carbonyl (C=O) groups is 1. The first kappa shape index (κ1) is 14.6. The molecule has 1 fully saturated rings. The molecule has 18 heavy (non-hydrogen) atoms. The molecule has 1 aromatic rings. The SMILES string of the molecule is CC.CCC1CN(C(=O)OCc2ccccc2)C1. The van der Waals surface area contributed by atoms with Crippen molar-refractivity contribution in [3.63, 3.8) is 0 Å². The van der Waals surface area contributed by atoms with Gasteiger partial charge in [0, 0.05) is 13.1 Å². The summed E-state index contributed by atoms with van der Waals surface area (Å²) < 4.78 is 5.21. The summed E-state index contributed by atoms with van der Waals surface area (Å²) in [5.74, 6) is 0.671. The van der Waals surface area contributed by atoms with Gasteiger partial charge in [-0.2, -0.15) is 0 Å². The molecule has 1 aromatic carbocycles. The van der Waals surface area contributed by atoms with Crippen LogP contribution >= 0.6 is 0 Å². The predicted molar refractivity (Wildman–Crippen MR) is 73.3 cm³/mol. The zero-order valence-corrected chi connectivity index (χ0v) is 11.6. The maximum absolute atomic E-state index is 11.6. The Bertz CT molecular complexity index is 345. The van der Waals surface area contributed by atoms with E-state index in [2.05, 4.69) is 6.92 Å². The van der Waals surface area contributed by atoms with Gasteiger partial charge in [0.1, 0.15) is 6.61 Å². The lowest BCUT2D eigenvalue weighted by Crippen LogP contribution is -2.49. The molecular weight excluding hydrogens is 226 g/mol. The molecule has 1 heterocycles. The minimum atomic E-state index is -0.187. The van der Waals surface area contributed by atoms with Crippen molar-refractivity contribution in [2.75, 3.05) is 13.1 Å². The Morgan fingerprint density at radius 3 is 2.44 bits per heavy atom. The molecule has 3 heteroatoms. The van der Waals surface area contributed by atoms with Crippen LogP contribution in [0, 0.1) is 5.92 Å². The largest absolute Gasteiger partial charge is 0.445 e. The van der Waals surface area contributed by atoms with Crippen LogP contribution in [0.2, 0.25) is 0 Å². The first-order valence-corrected chi connectivity index (χ1v) is 6.75. The normalized spacial score (nSPS) is 14.3. The average Bonchev–Trinajstić information content (AvgIpc) is 2.39. The van der Waals surface area contributed by atoms with Gasteiger partial charge in [0.25, 0.3) is 0 Å². The maximum atomic E-state index is 11.6. The van der Waals surface area contributed by atoms with Crippen LogP contribution in [0.3, 0.4) is 0 Å². The third-order valence-electron chi connectivity index (χ3n) is 3.00. The van der Waals surface area contributed by atoms with E-state index >= 15 is 0 Å². The Balaban J connectivity index is 0.000000771. The minimum Gasteiger partial charge on any atom is -0.445 e. The van der Waals surface area contributed by atoms with Crippen molar-refractivity contribution >= 4 is 6.09 Å². The number of benzene rings is 1. The van der Waals surface area contributed by atoms with Gasteiger partial charge in [-0.05, 0) is 17.9 Å². The molecule has 0 radical (unpaired) electrons. The molecular formula is C15H23NO2. The van der Waals surface area contributed by atoms with E-state index in [1.807, 2.05) is 44.2 Å². The highest BCUT2D eigenvalue weighted by molar-refractivity contribution is 5.68. The fraction of sp³-hybridized carbons (Fsp3) is 0.533. The molecule has 3 nitrogen and oxygen atoms in total. The van der Waals surface area contributed by atoms with E-state index in [9.17, 15) is 4.79 Å². The van der Waals surface area contributed by atoms with Crippen LogP contribution in [0.1, 0.15) is 32.8 Å². The zero-order valence-electron chi connectivity index (χ0n) is 11.6. The number of rotatable bonds is 3. The van der Waals surface area contributed by atoms with Crippen LogP contribution in [0.4, 0.5) is 4.79 Å². The van der Waals surface area contributed by atoms with E-state index < -0.39 is 0 Å². The van der Waals surface area contributed by atoms with Crippen molar-refractivity contribution < 1.29 is 9.53 Å². The average molecular weight is 249 g/mol. The van der Waals surface area contributed by atoms with Gasteiger partial charge in [-0.1, -0.05) is 51.1 Å². The number of nitrogens with zero attached hydrogens (tertiary/aromatic N) is 1. The van der Waals surface area contributed by atoms with Crippen molar-refractivity contribution in [1.82, 2.24) is 4.90 Å². The van der Waals surface area contributed by atoms with Crippen LogP contribution in [-0.2, 0) is 11.3 Å². The smallest absolute Gasteiger partial charge is 0.410 e. The molecule has 100 valence electrons. The number of carbonyl (C=O) groups excluding carboxylic acids is 1.